The lowest BCUT2D eigenvalue weighted by Gasteiger charge is -2.34. The average molecular weight is 322 g/mol. The van der Waals surface area contributed by atoms with Gasteiger partial charge in [-0.05, 0) is 70.2 Å². The van der Waals surface area contributed by atoms with E-state index in [-0.39, 0.29) is 11.9 Å². The molecule has 128 valence electrons. The molecule has 0 saturated carbocycles. The van der Waals surface area contributed by atoms with Gasteiger partial charge < -0.3 is 15.0 Å². The molecular weight excluding hydrogens is 295 g/mol. The molecule has 0 spiro atoms. The monoisotopic (exact) mass is 322 g/mol. The van der Waals surface area contributed by atoms with Gasteiger partial charge in [0.2, 0.25) is 0 Å². The minimum atomic E-state index is -0.465. The Balaban J connectivity index is 1.87. The number of ether oxygens (including phenoxy) is 1. The number of piperidine rings is 1. The van der Waals surface area contributed by atoms with Gasteiger partial charge in [0, 0.05) is 25.3 Å². The predicted octanol–water partition coefficient (Wildman–Crippen LogP) is 4.19. The molecule has 1 unspecified atom stereocenters. The maximum Gasteiger partial charge on any atom is 0.410 e. The van der Waals surface area contributed by atoms with Crippen molar-refractivity contribution >= 4 is 11.8 Å². The smallest absolute Gasteiger partial charge is 0.410 e. The molecule has 1 aromatic carbocycles. The van der Waals surface area contributed by atoms with Gasteiger partial charge in [-0.3, -0.25) is 0 Å². The Hall–Kier alpha value is -1.78. The molecule has 1 fully saturated rings. The predicted molar refractivity (Wildman–Crippen MR) is 90.2 cm³/mol. The maximum absolute atomic E-state index is 13.1. The topological polar surface area (TPSA) is 41.6 Å². The zero-order valence-corrected chi connectivity index (χ0v) is 14.5. The van der Waals surface area contributed by atoms with Crippen molar-refractivity contribution < 1.29 is 13.9 Å². The first kappa shape index (κ1) is 17.6. The van der Waals surface area contributed by atoms with Crippen molar-refractivity contribution in [2.45, 2.75) is 46.1 Å². The van der Waals surface area contributed by atoms with Crippen LogP contribution in [0.25, 0.3) is 0 Å². The zero-order valence-electron chi connectivity index (χ0n) is 14.5. The Morgan fingerprint density at radius 3 is 2.83 bits per heavy atom. The van der Waals surface area contributed by atoms with Crippen LogP contribution in [0.15, 0.2) is 18.2 Å². The van der Waals surface area contributed by atoms with Crippen LogP contribution in [0.4, 0.5) is 14.9 Å². The van der Waals surface area contributed by atoms with Gasteiger partial charge in [-0.15, -0.1) is 0 Å². The fourth-order valence-corrected chi connectivity index (χ4v) is 2.80. The van der Waals surface area contributed by atoms with Crippen LogP contribution in [0.2, 0.25) is 0 Å². The van der Waals surface area contributed by atoms with Crippen LogP contribution in [0, 0.1) is 18.7 Å². The quantitative estimate of drug-likeness (QED) is 0.907. The SMILES string of the molecule is Cc1cc(F)ccc1NCC1CCCN(C(=O)OC(C)(C)C)C1. The van der Waals surface area contributed by atoms with Crippen molar-refractivity contribution in [3.63, 3.8) is 0 Å². The van der Waals surface area contributed by atoms with Gasteiger partial charge in [-0.1, -0.05) is 0 Å². The summed E-state index contributed by atoms with van der Waals surface area (Å²) in [4.78, 5) is 14.0. The summed E-state index contributed by atoms with van der Waals surface area (Å²) in [5.41, 5.74) is 1.37. The molecule has 0 aliphatic carbocycles. The molecule has 1 aromatic rings. The molecule has 0 bridgehead atoms. The van der Waals surface area contributed by atoms with Crippen molar-refractivity contribution in [1.29, 1.82) is 0 Å². The number of nitrogens with one attached hydrogen (secondary N) is 1. The highest BCUT2D eigenvalue weighted by atomic mass is 19.1. The molecule has 1 aliphatic rings. The molecule has 1 heterocycles. The number of aryl methyl sites for hydroxylation is 1. The second-order valence-electron chi connectivity index (χ2n) is 7.27. The second-order valence-corrected chi connectivity index (χ2v) is 7.27. The highest BCUT2D eigenvalue weighted by Gasteiger charge is 2.27. The van der Waals surface area contributed by atoms with Gasteiger partial charge in [0.25, 0.3) is 0 Å². The van der Waals surface area contributed by atoms with E-state index in [0.29, 0.717) is 12.5 Å². The van der Waals surface area contributed by atoms with Crippen molar-refractivity contribution in [2.75, 3.05) is 25.0 Å². The van der Waals surface area contributed by atoms with Gasteiger partial charge >= 0.3 is 6.09 Å². The van der Waals surface area contributed by atoms with E-state index in [2.05, 4.69) is 5.32 Å². The summed E-state index contributed by atoms with van der Waals surface area (Å²) in [5.74, 6) is 0.155. The molecule has 0 radical (unpaired) electrons. The maximum atomic E-state index is 13.1. The summed E-state index contributed by atoms with van der Waals surface area (Å²) in [5, 5.41) is 3.37. The fraction of sp³-hybridized carbons (Fsp3) is 0.611. The number of carbonyl (C=O) groups excluding carboxylic acids is 1. The minimum Gasteiger partial charge on any atom is -0.444 e. The lowest BCUT2D eigenvalue weighted by atomic mass is 9.98. The average Bonchev–Trinajstić information content (AvgIpc) is 2.45. The van der Waals surface area contributed by atoms with E-state index in [1.165, 1.54) is 12.1 Å². The Morgan fingerprint density at radius 2 is 2.17 bits per heavy atom. The van der Waals surface area contributed by atoms with E-state index in [0.717, 1.165) is 37.2 Å². The largest absolute Gasteiger partial charge is 0.444 e. The third-order valence-corrected chi connectivity index (χ3v) is 3.94. The summed E-state index contributed by atoms with van der Waals surface area (Å²) in [7, 11) is 0. The van der Waals surface area contributed by atoms with E-state index in [1.807, 2.05) is 27.7 Å². The van der Waals surface area contributed by atoms with E-state index < -0.39 is 5.60 Å². The molecule has 1 N–H and O–H groups in total. The Morgan fingerprint density at radius 1 is 1.43 bits per heavy atom. The summed E-state index contributed by atoms with van der Waals surface area (Å²) >= 11 is 0. The molecule has 4 nitrogen and oxygen atoms in total. The first-order valence-electron chi connectivity index (χ1n) is 8.22. The summed E-state index contributed by atoms with van der Waals surface area (Å²) in [6.07, 6.45) is 1.82. The molecule has 0 aromatic heterocycles. The zero-order chi connectivity index (χ0) is 17.0. The molecule has 1 amide bonds. The number of hydrogen-bond donors (Lipinski definition) is 1. The van der Waals surface area contributed by atoms with Crippen LogP contribution < -0.4 is 5.32 Å². The van der Waals surface area contributed by atoms with Crippen molar-refractivity contribution in [3.8, 4) is 0 Å². The van der Waals surface area contributed by atoms with Crippen molar-refractivity contribution in [2.24, 2.45) is 5.92 Å². The third-order valence-electron chi connectivity index (χ3n) is 3.94. The molecule has 23 heavy (non-hydrogen) atoms. The van der Waals surface area contributed by atoms with Crippen LogP contribution in [-0.4, -0.2) is 36.2 Å². The number of hydrogen-bond acceptors (Lipinski definition) is 3. The number of carbonyl (C=O) groups is 1. The number of anilines is 1. The first-order valence-corrected chi connectivity index (χ1v) is 8.22. The number of nitrogens with zero attached hydrogens (tertiary/aromatic N) is 1. The van der Waals surface area contributed by atoms with Gasteiger partial charge in [0.15, 0.2) is 0 Å². The van der Waals surface area contributed by atoms with E-state index in [1.54, 1.807) is 11.0 Å². The van der Waals surface area contributed by atoms with Gasteiger partial charge in [0.05, 0.1) is 0 Å². The van der Waals surface area contributed by atoms with Crippen LogP contribution in [-0.2, 0) is 4.74 Å². The highest BCUT2D eigenvalue weighted by molar-refractivity contribution is 5.68. The van der Waals surface area contributed by atoms with Crippen molar-refractivity contribution in [3.05, 3.63) is 29.6 Å². The van der Waals surface area contributed by atoms with E-state index in [9.17, 15) is 9.18 Å². The fourth-order valence-electron chi connectivity index (χ4n) is 2.80. The van der Waals surface area contributed by atoms with E-state index >= 15 is 0 Å². The van der Waals surface area contributed by atoms with Crippen LogP contribution >= 0.6 is 0 Å². The number of rotatable bonds is 3. The van der Waals surface area contributed by atoms with E-state index in [4.69, 9.17) is 4.74 Å². The number of amides is 1. The molecule has 1 atom stereocenters. The molecule has 2 rings (SSSR count). The third kappa shape index (κ3) is 5.41. The molecular formula is C18H27FN2O2. The Bertz CT molecular complexity index is 554. The Labute approximate surface area is 138 Å². The Kier molecular flexibility index (Phi) is 5.50. The van der Waals surface area contributed by atoms with Crippen LogP contribution in [0.5, 0.6) is 0 Å². The highest BCUT2D eigenvalue weighted by Crippen LogP contribution is 2.21. The van der Waals surface area contributed by atoms with Crippen LogP contribution in [0.3, 0.4) is 0 Å². The van der Waals surface area contributed by atoms with Crippen LogP contribution in [0.1, 0.15) is 39.2 Å². The molecule has 1 aliphatic heterocycles. The number of halogens is 1. The van der Waals surface area contributed by atoms with Gasteiger partial charge in [0.1, 0.15) is 11.4 Å². The lowest BCUT2D eigenvalue weighted by Crippen LogP contribution is -2.44. The normalized spacial score (nSPS) is 18.7. The summed E-state index contributed by atoms with van der Waals surface area (Å²) in [6.45, 7) is 9.75. The first-order chi connectivity index (χ1) is 10.7. The van der Waals surface area contributed by atoms with Gasteiger partial charge in [-0.2, -0.15) is 0 Å². The summed E-state index contributed by atoms with van der Waals surface area (Å²) in [6, 6.07) is 4.75. The lowest BCUT2D eigenvalue weighted by molar-refractivity contribution is 0.0172. The standard InChI is InChI=1S/C18H27FN2O2/c1-13-10-15(19)7-8-16(13)20-11-14-6-5-9-21(12-14)17(22)23-18(2,3)4/h7-8,10,14,20H,5-6,9,11-12H2,1-4H3. The molecule has 5 heteroatoms. The summed E-state index contributed by atoms with van der Waals surface area (Å²) < 4.78 is 18.6. The van der Waals surface area contributed by atoms with Crippen molar-refractivity contribution in [1.82, 2.24) is 4.90 Å². The number of benzene rings is 1. The second kappa shape index (κ2) is 7.20. The number of likely N-dealkylation sites (tertiary alicyclic amines) is 1. The minimum absolute atomic E-state index is 0.221. The van der Waals surface area contributed by atoms with Gasteiger partial charge in [-0.25, -0.2) is 9.18 Å². The molecule has 1 saturated heterocycles.